The van der Waals surface area contributed by atoms with Gasteiger partial charge < -0.3 is 16.0 Å². The van der Waals surface area contributed by atoms with Crippen molar-refractivity contribution in [2.24, 2.45) is 0 Å². The van der Waals surface area contributed by atoms with Crippen molar-refractivity contribution in [1.29, 1.82) is 0 Å². The third kappa shape index (κ3) is 4.08. The zero-order valence-corrected chi connectivity index (χ0v) is 17.1. The Kier molecular flexibility index (Phi) is 4.94. The van der Waals surface area contributed by atoms with Gasteiger partial charge in [-0.1, -0.05) is 19.3 Å². The number of halogens is 3. The van der Waals surface area contributed by atoms with Crippen molar-refractivity contribution >= 4 is 35.3 Å². The van der Waals surface area contributed by atoms with Gasteiger partial charge in [0.2, 0.25) is 0 Å². The van der Waals surface area contributed by atoms with Gasteiger partial charge in [-0.15, -0.1) is 0 Å². The van der Waals surface area contributed by atoms with Gasteiger partial charge in [0, 0.05) is 12.1 Å². The fourth-order valence-electron chi connectivity index (χ4n) is 4.07. The second-order valence-corrected chi connectivity index (χ2v) is 8.38. The van der Waals surface area contributed by atoms with Crippen LogP contribution in [0.2, 0.25) is 0 Å². The molecule has 5 rings (SSSR count). The Morgan fingerprint density at radius 3 is 2.34 bits per heavy atom. The maximum atomic E-state index is 13.9. The first-order chi connectivity index (χ1) is 15.3. The molecule has 3 heterocycles. The van der Waals surface area contributed by atoms with Crippen molar-refractivity contribution in [2.45, 2.75) is 63.2 Å². The molecule has 2 saturated carbocycles. The maximum Gasteiger partial charge on any atom is 0.435 e. The number of imidazole rings is 1. The zero-order valence-electron chi connectivity index (χ0n) is 17.1. The molecule has 32 heavy (non-hydrogen) atoms. The van der Waals surface area contributed by atoms with E-state index < -0.39 is 23.8 Å². The standard InChI is InChI=1S/C20H22F3N7O2/c21-20(22,23)15-13(8-12-18(31)29-19(32)26-12)30-9-14(24-10-4-2-1-3-5-10)27-16(17(30)28-15)25-11-6-7-11/h8-11,24H,1-7H2,(H,25,27)(H2,26,29,31,32)/b12-8-. The highest BCUT2D eigenvalue weighted by Crippen LogP contribution is 2.36. The minimum atomic E-state index is -4.77. The van der Waals surface area contributed by atoms with Crippen LogP contribution in [0, 0.1) is 0 Å². The molecule has 0 aromatic carbocycles. The average molecular weight is 449 g/mol. The molecule has 1 aliphatic heterocycles. The fourth-order valence-corrected chi connectivity index (χ4v) is 4.07. The lowest BCUT2D eigenvalue weighted by Crippen LogP contribution is -2.23. The molecular weight excluding hydrogens is 427 g/mol. The van der Waals surface area contributed by atoms with Crippen molar-refractivity contribution in [3.8, 4) is 0 Å². The molecular formula is C20H22F3N7O2. The number of carbonyl (C=O) groups excluding carboxylic acids is 2. The lowest BCUT2D eigenvalue weighted by Gasteiger charge is -2.23. The number of hydrogen-bond acceptors (Lipinski definition) is 6. The number of amides is 3. The predicted molar refractivity (Wildman–Crippen MR) is 110 cm³/mol. The average Bonchev–Trinajstić information content (AvgIpc) is 3.38. The van der Waals surface area contributed by atoms with Crippen LogP contribution in [0.3, 0.4) is 0 Å². The predicted octanol–water partition coefficient (Wildman–Crippen LogP) is 3.25. The summed E-state index contributed by atoms with van der Waals surface area (Å²) >= 11 is 0. The second kappa shape index (κ2) is 7.68. The van der Waals surface area contributed by atoms with Gasteiger partial charge in [0.25, 0.3) is 5.91 Å². The first-order valence-corrected chi connectivity index (χ1v) is 10.7. The highest BCUT2D eigenvalue weighted by atomic mass is 19.4. The monoisotopic (exact) mass is 449 g/mol. The lowest BCUT2D eigenvalue weighted by molar-refractivity contribution is -0.141. The number of carbonyl (C=O) groups is 2. The maximum absolute atomic E-state index is 13.9. The molecule has 9 nitrogen and oxygen atoms in total. The van der Waals surface area contributed by atoms with E-state index in [0.717, 1.165) is 44.6 Å². The van der Waals surface area contributed by atoms with Gasteiger partial charge in [0.1, 0.15) is 11.5 Å². The smallest absolute Gasteiger partial charge is 0.366 e. The van der Waals surface area contributed by atoms with Crippen LogP contribution in [-0.4, -0.2) is 38.4 Å². The van der Waals surface area contributed by atoms with E-state index in [0.29, 0.717) is 5.82 Å². The zero-order chi connectivity index (χ0) is 22.5. The quantitative estimate of drug-likeness (QED) is 0.412. The molecule has 0 radical (unpaired) electrons. The summed E-state index contributed by atoms with van der Waals surface area (Å²) in [5, 5.41) is 10.7. The molecule has 3 amide bonds. The van der Waals surface area contributed by atoms with Crippen molar-refractivity contribution in [3.63, 3.8) is 0 Å². The van der Waals surface area contributed by atoms with Crippen molar-refractivity contribution < 1.29 is 22.8 Å². The molecule has 0 unspecified atom stereocenters. The lowest BCUT2D eigenvalue weighted by atomic mass is 9.96. The third-order valence-electron chi connectivity index (χ3n) is 5.79. The van der Waals surface area contributed by atoms with Crippen LogP contribution in [0.5, 0.6) is 0 Å². The van der Waals surface area contributed by atoms with Crippen LogP contribution in [0.15, 0.2) is 11.9 Å². The van der Waals surface area contributed by atoms with E-state index in [4.69, 9.17) is 0 Å². The number of rotatable bonds is 5. The van der Waals surface area contributed by atoms with Gasteiger partial charge in [-0.3, -0.25) is 14.5 Å². The Labute approximate surface area is 180 Å². The molecule has 0 spiro atoms. The first-order valence-electron chi connectivity index (χ1n) is 10.7. The van der Waals surface area contributed by atoms with Crippen LogP contribution < -0.4 is 21.3 Å². The highest BCUT2D eigenvalue weighted by molar-refractivity contribution is 6.14. The van der Waals surface area contributed by atoms with Gasteiger partial charge in [0.15, 0.2) is 17.2 Å². The molecule has 4 N–H and O–H groups in total. The minimum Gasteiger partial charge on any atom is -0.366 e. The Hall–Kier alpha value is -3.31. The van der Waals surface area contributed by atoms with Crippen LogP contribution in [0.1, 0.15) is 56.3 Å². The first kappa shape index (κ1) is 20.6. The number of alkyl halides is 3. The van der Waals surface area contributed by atoms with E-state index >= 15 is 0 Å². The third-order valence-corrected chi connectivity index (χ3v) is 5.79. The Morgan fingerprint density at radius 1 is 1.00 bits per heavy atom. The number of urea groups is 1. The summed E-state index contributed by atoms with van der Waals surface area (Å²) < 4.78 is 42.9. The number of nitrogens with zero attached hydrogens (tertiary/aromatic N) is 3. The van der Waals surface area contributed by atoms with Gasteiger partial charge in [-0.2, -0.15) is 13.2 Å². The summed E-state index contributed by atoms with van der Waals surface area (Å²) in [6, 6.07) is -0.459. The molecule has 3 fully saturated rings. The van der Waals surface area contributed by atoms with Gasteiger partial charge in [0.05, 0.1) is 11.9 Å². The van der Waals surface area contributed by atoms with E-state index in [1.807, 2.05) is 5.32 Å². The largest absolute Gasteiger partial charge is 0.435 e. The number of hydrogen-bond donors (Lipinski definition) is 4. The number of fused-ring (bicyclic) bond motifs is 1. The van der Waals surface area contributed by atoms with E-state index in [1.165, 1.54) is 17.0 Å². The van der Waals surface area contributed by atoms with Crippen LogP contribution in [0.4, 0.5) is 29.6 Å². The Bertz CT molecular complexity index is 1110. The summed E-state index contributed by atoms with van der Waals surface area (Å²) in [5.74, 6) is -0.120. The molecule has 2 aliphatic carbocycles. The van der Waals surface area contributed by atoms with E-state index in [2.05, 4.69) is 25.9 Å². The van der Waals surface area contributed by atoms with Gasteiger partial charge >= 0.3 is 12.2 Å². The van der Waals surface area contributed by atoms with Crippen molar-refractivity contribution in [3.05, 3.63) is 23.3 Å². The van der Waals surface area contributed by atoms with E-state index in [9.17, 15) is 22.8 Å². The fraction of sp³-hybridized carbons (Fsp3) is 0.500. The Balaban J connectivity index is 1.65. The molecule has 3 aliphatic rings. The number of anilines is 2. The van der Waals surface area contributed by atoms with Crippen molar-refractivity contribution in [2.75, 3.05) is 10.6 Å². The SMILES string of the molecule is O=C1NC(=O)/C(=C/c2c(C(F)(F)F)nc3c(NC4CC4)nc(NC4CCCCC4)cn23)N1. The minimum absolute atomic E-state index is 0.00926. The molecule has 170 valence electrons. The second-order valence-electron chi connectivity index (χ2n) is 8.38. The summed E-state index contributed by atoms with van der Waals surface area (Å²) in [6.45, 7) is 0. The van der Waals surface area contributed by atoms with E-state index in [1.54, 1.807) is 0 Å². The Morgan fingerprint density at radius 2 is 1.72 bits per heavy atom. The van der Waals surface area contributed by atoms with Gasteiger partial charge in [-0.25, -0.2) is 14.8 Å². The number of aromatic nitrogens is 3. The molecule has 12 heteroatoms. The van der Waals surface area contributed by atoms with Crippen LogP contribution in [0.25, 0.3) is 11.7 Å². The normalized spacial score (nSPS) is 21.2. The molecule has 1 saturated heterocycles. The molecule has 2 aromatic heterocycles. The number of nitrogens with one attached hydrogen (secondary N) is 4. The summed E-state index contributed by atoms with van der Waals surface area (Å²) in [5.41, 5.74) is -1.78. The molecule has 0 atom stereocenters. The summed E-state index contributed by atoms with van der Waals surface area (Å²) in [4.78, 5) is 31.7. The molecule has 2 aromatic rings. The van der Waals surface area contributed by atoms with Gasteiger partial charge in [-0.05, 0) is 31.8 Å². The van der Waals surface area contributed by atoms with Crippen LogP contribution >= 0.6 is 0 Å². The topological polar surface area (TPSA) is 112 Å². The van der Waals surface area contributed by atoms with Crippen molar-refractivity contribution in [1.82, 2.24) is 25.0 Å². The van der Waals surface area contributed by atoms with E-state index in [-0.39, 0.29) is 34.9 Å². The summed E-state index contributed by atoms with van der Waals surface area (Å²) in [7, 11) is 0. The molecule has 0 bridgehead atoms. The van der Waals surface area contributed by atoms with Crippen LogP contribution in [-0.2, 0) is 11.0 Å². The highest BCUT2D eigenvalue weighted by Gasteiger charge is 2.39. The summed E-state index contributed by atoms with van der Waals surface area (Å²) in [6.07, 6.45) is 4.77. The number of imide groups is 1.